The van der Waals surface area contributed by atoms with Crippen LogP contribution in [0.1, 0.15) is 18.5 Å². The van der Waals surface area contributed by atoms with Gasteiger partial charge in [-0.25, -0.2) is 8.42 Å². The van der Waals surface area contributed by atoms with Crippen LogP contribution in [0.3, 0.4) is 0 Å². The van der Waals surface area contributed by atoms with E-state index in [0.717, 1.165) is 32.2 Å². The minimum Gasteiger partial charge on any atom is -0.383 e. The zero-order chi connectivity index (χ0) is 20.7. The molecule has 1 unspecified atom stereocenters. The van der Waals surface area contributed by atoms with Gasteiger partial charge in [-0.1, -0.05) is 5.16 Å². The third kappa shape index (κ3) is 5.91. The van der Waals surface area contributed by atoms with E-state index in [1.54, 1.807) is 20.2 Å². The second-order valence-electron chi connectivity index (χ2n) is 7.39. The summed E-state index contributed by atoms with van der Waals surface area (Å²) in [5, 5.41) is 7.19. The van der Waals surface area contributed by atoms with E-state index >= 15 is 0 Å². The van der Waals surface area contributed by atoms with Gasteiger partial charge in [0.1, 0.15) is 12.0 Å². The molecule has 2 aliphatic rings. The molecule has 29 heavy (non-hydrogen) atoms. The monoisotopic (exact) mass is 428 g/mol. The summed E-state index contributed by atoms with van der Waals surface area (Å²) in [6.45, 7) is 5.72. The Balaban J connectivity index is 1.47. The van der Waals surface area contributed by atoms with Gasteiger partial charge in [0, 0.05) is 65.5 Å². The number of hydrogen-bond donors (Lipinski definition) is 1. The van der Waals surface area contributed by atoms with E-state index in [4.69, 9.17) is 9.26 Å². The summed E-state index contributed by atoms with van der Waals surface area (Å²) in [4.78, 5) is 8.98. The van der Waals surface area contributed by atoms with Crippen LogP contribution in [0.2, 0.25) is 0 Å². The van der Waals surface area contributed by atoms with Crippen molar-refractivity contribution in [1.29, 1.82) is 0 Å². The Morgan fingerprint density at radius 2 is 2.14 bits per heavy atom. The van der Waals surface area contributed by atoms with E-state index < -0.39 is 10.0 Å². The first kappa shape index (κ1) is 22.0. The Morgan fingerprint density at radius 3 is 2.79 bits per heavy atom. The van der Waals surface area contributed by atoms with Crippen LogP contribution >= 0.6 is 0 Å². The maximum atomic E-state index is 12.6. The molecule has 3 heterocycles. The van der Waals surface area contributed by atoms with Crippen LogP contribution in [0.25, 0.3) is 0 Å². The van der Waals surface area contributed by atoms with E-state index in [2.05, 4.69) is 25.3 Å². The number of hydrogen-bond acceptors (Lipinski definition) is 7. The number of nitrogens with zero attached hydrogens (tertiary/aromatic N) is 5. The fraction of sp³-hybridized carbons (Fsp3) is 0.778. The summed E-state index contributed by atoms with van der Waals surface area (Å²) in [6.07, 6.45) is 3.76. The van der Waals surface area contributed by atoms with Crippen LogP contribution in [-0.4, -0.2) is 106 Å². The summed E-state index contributed by atoms with van der Waals surface area (Å²) in [7, 11) is 0.106. The molecule has 0 aromatic carbocycles. The molecule has 2 aliphatic heterocycles. The topological polar surface area (TPSA) is 104 Å². The molecule has 3 rings (SSSR count). The molecule has 164 valence electrons. The SMILES string of the molecule is CN=C(NCC1CCCN1CCOC)N1CCN(S(=O)(=O)Cc2ccon2)CC1. The van der Waals surface area contributed by atoms with Crippen LogP contribution in [0.15, 0.2) is 21.8 Å². The van der Waals surface area contributed by atoms with Gasteiger partial charge < -0.3 is 19.5 Å². The highest BCUT2D eigenvalue weighted by molar-refractivity contribution is 7.88. The molecule has 10 nitrogen and oxygen atoms in total. The lowest BCUT2D eigenvalue weighted by molar-refractivity contribution is 0.141. The lowest BCUT2D eigenvalue weighted by Crippen LogP contribution is -2.55. The van der Waals surface area contributed by atoms with Gasteiger partial charge in [-0.3, -0.25) is 9.89 Å². The molecule has 1 atom stereocenters. The van der Waals surface area contributed by atoms with Crippen molar-refractivity contribution in [2.75, 3.05) is 66.6 Å². The quantitative estimate of drug-likeness (QED) is 0.449. The largest absolute Gasteiger partial charge is 0.383 e. The first-order chi connectivity index (χ1) is 14.0. The molecular weight excluding hydrogens is 396 g/mol. The van der Waals surface area contributed by atoms with Crippen LogP contribution in [0.5, 0.6) is 0 Å². The van der Waals surface area contributed by atoms with Gasteiger partial charge in [-0.15, -0.1) is 0 Å². The van der Waals surface area contributed by atoms with E-state index in [0.29, 0.717) is 37.9 Å². The number of nitrogens with one attached hydrogen (secondary N) is 1. The summed E-state index contributed by atoms with van der Waals surface area (Å²) in [6, 6.07) is 2.06. The zero-order valence-corrected chi connectivity index (χ0v) is 18.1. The normalized spacial score (nSPS) is 22.3. The van der Waals surface area contributed by atoms with Gasteiger partial charge in [0.25, 0.3) is 0 Å². The molecular formula is C18H32N6O4S. The van der Waals surface area contributed by atoms with Crippen molar-refractivity contribution in [3.63, 3.8) is 0 Å². The second-order valence-corrected chi connectivity index (χ2v) is 9.35. The first-order valence-electron chi connectivity index (χ1n) is 10.1. The molecule has 1 aromatic heterocycles. The average Bonchev–Trinajstić information content (AvgIpc) is 3.39. The molecule has 0 spiro atoms. The zero-order valence-electron chi connectivity index (χ0n) is 17.3. The van der Waals surface area contributed by atoms with Crippen LogP contribution in [0, 0.1) is 0 Å². The summed E-state index contributed by atoms with van der Waals surface area (Å²) < 4.78 is 36.6. The average molecular weight is 429 g/mol. The number of sulfonamides is 1. The van der Waals surface area contributed by atoms with Crippen LogP contribution in [0.4, 0.5) is 0 Å². The van der Waals surface area contributed by atoms with E-state index in [9.17, 15) is 8.42 Å². The lowest BCUT2D eigenvalue weighted by Gasteiger charge is -2.36. The lowest BCUT2D eigenvalue weighted by atomic mass is 10.2. The molecule has 11 heteroatoms. The summed E-state index contributed by atoms with van der Waals surface area (Å²) >= 11 is 0. The van der Waals surface area contributed by atoms with Crippen molar-refractivity contribution in [2.24, 2.45) is 4.99 Å². The fourth-order valence-corrected chi connectivity index (χ4v) is 5.36. The number of aromatic nitrogens is 1. The number of rotatable bonds is 8. The highest BCUT2D eigenvalue weighted by Gasteiger charge is 2.30. The van der Waals surface area contributed by atoms with Crippen molar-refractivity contribution >= 4 is 16.0 Å². The molecule has 0 saturated carbocycles. The molecule has 0 aliphatic carbocycles. The number of likely N-dealkylation sites (tertiary alicyclic amines) is 1. The van der Waals surface area contributed by atoms with Crippen molar-refractivity contribution in [3.8, 4) is 0 Å². The fourth-order valence-electron chi connectivity index (χ4n) is 3.94. The Hall–Kier alpha value is -1.69. The Kier molecular flexibility index (Phi) is 7.87. The van der Waals surface area contributed by atoms with Gasteiger partial charge in [-0.05, 0) is 19.4 Å². The third-order valence-corrected chi connectivity index (χ3v) is 7.35. The Labute approximate surface area is 172 Å². The maximum Gasteiger partial charge on any atom is 0.220 e. The molecule has 0 radical (unpaired) electrons. The molecule has 0 bridgehead atoms. The van der Waals surface area contributed by atoms with Gasteiger partial charge in [0.2, 0.25) is 10.0 Å². The van der Waals surface area contributed by atoms with E-state index in [1.165, 1.54) is 23.4 Å². The predicted molar refractivity (Wildman–Crippen MR) is 110 cm³/mol. The number of piperazine rings is 1. The maximum absolute atomic E-state index is 12.6. The predicted octanol–water partition coefficient (Wildman–Crippen LogP) is -0.192. The third-order valence-electron chi connectivity index (χ3n) is 5.54. The standard InChI is InChI=1S/C18H32N6O4S/c1-19-18(20-14-17-4-3-6-22(17)11-13-27-2)23-7-9-24(10-8-23)29(25,26)15-16-5-12-28-21-16/h5,12,17H,3-4,6-11,13-15H2,1-2H3,(H,19,20). The van der Waals surface area contributed by atoms with Gasteiger partial charge in [0.05, 0.1) is 12.3 Å². The van der Waals surface area contributed by atoms with Gasteiger partial charge in [0.15, 0.2) is 5.96 Å². The van der Waals surface area contributed by atoms with Crippen LogP contribution < -0.4 is 5.32 Å². The van der Waals surface area contributed by atoms with Gasteiger partial charge in [-0.2, -0.15) is 4.31 Å². The van der Waals surface area contributed by atoms with Crippen molar-refractivity contribution < 1.29 is 17.7 Å². The molecule has 2 fully saturated rings. The van der Waals surface area contributed by atoms with E-state index in [1.807, 2.05) is 0 Å². The molecule has 0 amide bonds. The minimum atomic E-state index is -3.40. The van der Waals surface area contributed by atoms with Crippen LogP contribution in [-0.2, 0) is 20.5 Å². The van der Waals surface area contributed by atoms with Crippen molar-refractivity contribution in [2.45, 2.75) is 24.6 Å². The highest BCUT2D eigenvalue weighted by Crippen LogP contribution is 2.16. The molecule has 1 aromatic rings. The van der Waals surface area contributed by atoms with Crippen molar-refractivity contribution in [1.82, 2.24) is 24.6 Å². The summed E-state index contributed by atoms with van der Waals surface area (Å²) in [5.41, 5.74) is 0.430. The molecule has 2 saturated heterocycles. The smallest absolute Gasteiger partial charge is 0.220 e. The van der Waals surface area contributed by atoms with Gasteiger partial charge >= 0.3 is 0 Å². The number of methoxy groups -OCH3 is 1. The minimum absolute atomic E-state index is 0.130. The first-order valence-corrected chi connectivity index (χ1v) is 11.7. The molecule has 1 N–H and O–H groups in total. The second kappa shape index (κ2) is 10.4. The number of guanidine groups is 1. The number of ether oxygens (including phenoxy) is 1. The Bertz CT molecular complexity index is 746. The highest BCUT2D eigenvalue weighted by atomic mass is 32.2. The summed E-state index contributed by atoms with van der Waals surface area (Å²) in [5.74, 6) is 0.701. The number of aliphatic imine (C=N–C) groups is 1. The van der Waals surface area contributed by atoms with Crippen molar-refractivity contribution in [3.05, 3.63) is 18.0 Å². The van der Waals surface area contributed by atoms with E-state index in [-0.39, 0.29) is 5.75 Å². The Morgan fingerprint density at radius 1 is 1.34 bits per heavy atom.